The second kappa shape index (κ2) is 13.7. The molecule has 0 radical (unpaired) electrons. The Kier molecular flexibility index (Phi) is 10.4. The lowest BCUT2D eigenvalue weighted by molar-refractivity contribution is -0.118. The van der Waals surface area contributed by atoms with Crippen molar-refractivity contribution in [1.82, 2.24) is 10.3 Å². The normalized spacial score (nSPS) is 11.6. The van der Waals surface area contributed by atoms with Crippen molar-refractivity contribution in [2.24, 2.45) is 0 Å². The molecule has 9 nitrogen and oxygen atoms in total. The zero-order valence-corrected chi connectivity index (χ0v) is 22.7. The SMILES string of the molecule is CCOc1ccc(CCNC(=O)C[S@](=O)Cc2nc(-c3ccc(OC)c(OC)c3)oc2C)cc1OCC. The maximum Gasteiger partial charge on any atom is 0.232 e. The number of aromatic nitrogens is 1. The molecule has 2 aromatic carbocycles. The Morgan fingerprint density at radius 1 is 0.973 bits per heavy atom. The second-order valence-electron chi connectivity index (χ2n) is 8.07. The average molecular weight is 531 g/mol. The Bertz CT molecular complexity index is 1230. The van der Waals surface area contributed by atoms with Gasteiger partial charge in [-0.3, -0.25) is 9.00 Å². The fourth-order valence-electron chi connectivity index (χ4n) is 3.65. The van der Waals surface area contributed by atoms with Gasteiger partial charge in [-0.05, 0) is 63.1 Å². The van der Waals surface area contributed by atoms with Gasteiger partial charge in [-0.15, -0.1) is 0 Å². The first-order chi connectivity index (χ1) is 17.9. The number of nitrogens with zero attached hydrogens (tertiary/aromatic N) is 1. The van der Waals surface area contributed by atoms with Gasteiger partial charge in [0.05, 0.1) is 38.9 Å². The first-order valence-electron chi connectivity index (χ1n) is 12.1. The quantitative estimate of drug-likeness (QED) is 0.332. The topological polar surface area (TPSA) is 109 Å². The highest BCUT2D eigenvalue weighted by Gasteiger charge is 2.17. The third-order valence-electron chi connectivity index (χ3n) is 5.46. The first kappa shape index (κ1) is 28.0. The molecule has 200 valence electrons. The van der Waals surface area contributed by atoms with Crippen LogP contribution in [0.15, 0.2) is 40.8 Å². The number of ether oxygens (including phenoxy) is 4. The van der Waals surface area contributed by atoms with Gasteiger partial charge in [-0.2, -0.15) is 0 Å². The zero-order valence-electron chi connectivity index (χ0n) is 21.9. The highest BCUT2D eigenvalue weighted by atomic mass is 32.2. The van der Waals surface area contributed by atoms with Crippen molar-refractivity contribution in [3.63, 3.8) is 0 Å². The molecule has 1 atom stereocenters. The van der Waals surface area contributed by atoms with E-state index in [1.54, 1.807) is 33.3 Å². The number of carbonyl (C=O) groups is 1. The van der Waals surface area contributed by atoms with Crippen LogP contribution in [0.3, 0.4) is 0 Å². The van der Waals surface area contributed by atoms with E-state index < -0.39 is 10.8 Å². The number of hydrogen-bond acceptors (Lipinski definition) is 8. The van der Waals surface area contributed by atoms with Crippen molar-refractivity contribution in [1.29, 1.82) is 0 Å². The highest BCUT2D eigenvalue weighted by molar-refractivity contribution is 7.84. The third kappa shape index (κ3) is 7.72. The number of hydrogen-bond donors (Lipinski definition) is 1. The van der Waals surface area contributed by atoms with Crippen LogP contribution >= 0.6 is 0 Å². The summed E-state index contributed by atoms with van der Waals surface area (Å²) < 4.78 is 40.3. The van der Waals surface area contributed by atoms with Gasteiger partial charge in [0.2, 0.25) is 11.8 Å². The van der Waals surface area contributed by atoms with Crippen molar-refractivity contribution < 1.29 is 32.4 Å². The summed E-state index contributed by atoms with van der Waals surface area (Å²) in [5, 5.41) is 2.83. The van der Waals surface area contributed by atoms with Crippen molar-refractivity contribution in [3.05, 3.63) is 53.4 Å². The second-order valence-corrected chi connectivity index (χ2v) is 9.52. The van der Waals surface area contributed by atoms with E-state index in [0.717, 1.165) is 5.56 Å². The van der Waals surface area contributed by atoms with Gasteiger partial charge in [0, 0.05) is 22.9 Å². The minimum Gasteiger partial charge on any atom is -0.493 e. The summed E-state index contributed by atoms with van der Waals surface area (Å²) in [6.07, 6.45) is 0.613. The molecule has 0 spiro atoms. The van der Waals surface area contributed by atoms with Crippen LogP contribution in [-0.4, -0.2) is 54.8 Å². The van der Waals surface area contributed by atoms with E-state index in [0.29, 0.717) is 72.1 Å². The van der Waals surface area contributed by atoms with Crippen molar-refractivity contribution >= 4 is 16.7 Å². The number of methoxy groups -OCH3 is 2. The van der Waals surface area contributed by atoms with Crippen molar-refractivity contribution in [3.8, 4) is 34.5 Å². The molecule has 1 amide bonds. The summed E-state index contributed by atoms with van der Waals surface area (Å²) in [4.78, 5) is 16.9. The molecule has 0 fully saturated rings. The fraction of sp³-hybridized carbons (Fsp3) is 0.407. The number of nitrogens with one attached hydrogen (secondary N) is 1. The van der Waals surface area contributed by atoms with Crippen LogP contribution in [0, 0.1) is 6.92 Å². The minimum atomic E-state index is -1.44. The Labute approximate surface area is 219 Å². The highest BCUT2D eigenvalue weighted by Crippen LogP contribution is 2.33. The van der Waals surface area contributed by atoms with E-state index in [1.165, 1.54) is 0 Å². The maximum absolute atomic E-state index is 12.7. The lowest BCUT2D eigenvalue weighted by atomic mass is 10.1. The molecule has 0 saturated carbocycles. The summed E-state index contributed by atoms with van der Waals surface area (Å²) in [6, 6.07) is 11.1. The predicted octanol–water partition coefficient (Wildman–Crippen LogP) is 4.07. The van der Waals surface area contributed by atoms with Crippen molar-refractivity contribution in [2.75, 3.05) is 39.7 Å². The predicted molar refractivity (Wildman–Crippen MR) is 142 cm³/mol. The van der Waals surface area contributed by atoms with Gasteiger partial charge in [0.25, 0.3) is 0 Å². The zero-order chi connectivity index (χ0) is 26.8. The van der Waals surface area contributed by atoms with Crippen LogP contribution in [0.5, 0.6) is 23.0 Å². The van der Waals surface area contributed by atoms with Crippen LogP contribution in [0.2, 0.25) is 0 Å². The molecule has 0 unspecified atom stereocenters. The van der Waals surface area contributed by atoms with Gasteiger partial charge < -0.3 is 28.7 Å². The Balaban J connectivity index is 1.52. The Hall–Kier alpha value is -3.53. The standard InChI is InChI=1S/C27H34N2O7S/c1-6-34-23-10-8-19(14-25(23)35-7-2)12-13-28-26(30)17-37(31)16-21-18(3)36-27(29-21)20-9-11-22(32-4)24(15-20)33-5/h8-11,14-15H,6-7,12-13,16-17H2,1-5H3,(H,28,30)/t37-/m1/s1. The lowest BCUT2D eigenvalue weighted by Crippen LogP contribution is -2.30. The summed E-state index contributed by atoms with van der Waals surface area (Å²) in [6.45, 7) is 7.11. The molecule has 1 aromatic heterocycles. The van der Waals surface area contributed by atoms with E-state index >= 15 is 0 Å². The molecular weight excluding hydrogens is 496 g/mol. The summed E-state index contributed by atoms with van der Waals surface area (Å²) in [5.74, 6) is 3.19. The molecule has 0 aliphatic carbocycles. The molecule has 3 aromatic rings. The van der Waals surface area contributed by atoms with E-state index in [1.807, 2.05) is 38.1 Å². The number of carbonyl (C=O) groups excluding carboxylic acids is 1. The molecular formula is C27H34N2O7S. The molecule has 1 N–H and O–H groups in total. The smallest absolute Gasteiger partial charge is 0.232 e. The van der Waals surface area contributed by atoms with Crippen LogP contribution in [0.1, 0.15) is 30.9 Å². The summed E-state index contributed by atoms with van der Waals surface area (Å²) >= 11 is 0. The van der Waals surface area contributed by atoms with Crippen molar-refractivity contribution in [2.45, 2.75) is 32.9 Å². The summed E-state index contributed by atoms with van der Waals surface area (Å²) in [7, 11) is 1.68. The van der Waals surface area contributed by atoms with Crippen LogP contribution in [0.4, 0.5) is 0 Å². The average Bonchev–Trinajstić information content (AvgIpc) is 3.24. The number of amides is 1. The van der Waals surface area contributed by atoms with E-state index in [9.17, 15) is 9.00 Å². The maximum atomic E-state index is 12.7. The Morgan fingerprint density at radius 3 is 2.38 bits per heavy atom. The molecule has 0 aliphatic heterocycles. The summed E-state index contributed by atoms with van der Waals surface area (Å²) in [5.41, 5.74) is 2.26. The van der Waals surface area contributed by atoms with E-state index in [4.69, 9.17) is 23.4 Å². The molecule has 10 heteroatoms. The Morgan fingerprint density at radius 2 is 1.68 bits per heavy atom. The molecule has 0 bridgehead atoms. The lowest BCUT2D eigenvalue weighted by Gasteiger charge is -2.12. The van der Waals surface area contributed by atoms with Gasteiger partial charge in [-0.25, -0.2) is 4.98 Å². The van der Waals surface area contributed by atoms with Crippen LogP contribution in [0.25, 0.3) is 11.5 Å². The minimum absolute atomic E-state index is 0.118. The first-order valence-corrected chi connectivity index (χ1v) is 13.6. The fourth-order valence-corrected chi connectivity index (χ4v) is 4.72. The van der Waals surface area contributed by atoms with Gasteiger partial charge in [0.1, 0.15) is 11.5 Å². The third-order valence-corrected chi connectivity index (χ3v) is 6.64. The molecule has 3 rings (SSSR count). The number of rotatable bonds is 14. The van der Waals surface area contributed by atoms with E-state index in [-0.39, 0.29) is 17.4 Å². The van der Waals surface area contributed by atoms with Crippen LogP contribution < -0.4 is 24.3 Å². The molecule has 0 saturated heterocycles. The van der Waals surface area contributed by atoms with Gasteiger partial charge in [-0.1, -0.05) is 6.07 Å². The van der Waals surface area contributed by atoms with E-state index in [2.05, 4.69) is 10.3 Å². The number of aryl methyl sites for hydroxylation is 1. The van der Waals surface area contributed by atoms with Crippen LogP contribution in [-0.2, 0) is 27.8 Å². The van der Waals surface area contributed by atoms with Gasteiger partial charge in [0.15, 0.2) is 23.0 Å². The number of oxazole rings is 1. The number of benzene rings is 2. The van der Waals surface area contributed by atoms with Gasteiger partial charge >= 0.3 is 0 Å². The molecule has 0 aliphatic rings. The largest absolute Gasteiger partial charge is 0.493 e. The molecule has 1 heterocycles. The monoisotopic (exact) mass is 530 g/mol. The molecule has 37 heavy (non-hydrogen) atoms.